The average Bonchev–Trinajstić information content (AvgIpc) is 3.46. The Balaban J connectivity index is 1.39. The average molecular weight is 398 g/mol. The zero-order valence-electron chi connectivity index (χ0n) is 15.5. The molecule has 0 spiro atoms. The van der Waals surface area contributed by atoms with E-state index in [1.165, 1.54) is 4.88 Å². The topological polar surface area (TPSA) is 76.7 Å². The van der Waals surface area contributed by atoms with E-state index in [1.807, 2.05) is 18.2 Å². The van der Waals surface area contributed by atoms with E-state index in [-0.39, 0.29) is 18.0 Å². The number of carbonyl (C=O) groups is 2. The highest BCUT2D eigenvalue weighted by Crippen LogP contribution is 2.42. The molecule has 1 fully saturated rings. The van der Waals surface area contributed by atoms with Gasteiger partial charge in [-0.25, -0.2) is 4.79 Å². The van der Waals surface area contributed by atoms with Crippen molar-refractivity contribution in [2.24, 2.45) is 0 Å². The van der Waals surface area contributed by atoms with Crippen molar-refractivity contribution >= 4 is 28.2 Å². The summed E-state index contributed by atoms with van der Waals surface area (Å²) in [5.74, 6) is -0.406. The van der Waals surface area contributed by atoms with Gasteiger partial charge in [-0.05, 0) is 43.7 Å². The molecule has 1 aromatic carbocycles. The number of hydrogen-bond donors (Lipinski definition) is 2. The van der Waals surface area contributed by atoms with Gasteiger partial charge in [0.1, 0.15) is 5.00 Å². The lowest BCUT2D eigenvalue weighted by Gasteiger charge is -2.16. The molecule has 3 aliphatic rings. The molecule has 5 rings (SSSR count). The number of amides is 1. The van der Waals surface area contributed by atoms with Gasteiger partial charge in [-0.15, -0.1) is 11.3 Å². The van der Waals surface area contributed by atoms with Crippen molar-refractivity contribution in [3.05, 3.63) is 51.4 Å². The number of thiophene rings is 1. The minimum atomic E-state index is -0.563. The molecule has 2 aromatic rings. The smallest absolute Gasteiger partial charge is 0.340 e. The second-order valence-electron chi connectivity index (χ2n) is 7.42. The maximum absolute atomic E-state index is 13.0. The van der Waals surface area contributed by atoms with Crippen molar-refractivity contribution in [3.8, 4) is 0 Å². The molecule has 3 heterocycles. The van der Waals surface area contributed by atoms with Crippen molar-refractivity contribution in [2.75, 3.05) is 18.5 Å². The number of rotatable bonds is 5. The summed E-state index contributed by atoms with van der Waals surface area (Å²) in [6.07, 6.45) is 4.57. The number of esters is 1. The molecule has 0 saturated carbocycles. The van der Waals surface area contributed by atoms with Crippen LogP contribution >= 0.6 is 11.3 Å². The van der Waals surface area contributed by atoms with Gasteiger partial charge in [-0.1, -0.05) is 18.2 Å². The number of aryl methyl sites for hydroxylation is 1. The Kier molecular flexibility index (Phi) is 4.56. The van der Waals surface area contributed by atoms with E-state index in [9.17, 15) is 9.59 Å². The lowest BCUT2D eigenvalue weighted by molar-refractivity contribution is 0.0437. The number of anilines is 1. The zero-order chi connectivity index (χ0) is 19.1. The summed E-state index contributed by atoms with van der Waals surface area (Å²) in [5.41, 5.74) is 3.23. The van der Waals surface area contributed by atoms with Crippen LogP contribution in [0.1, 0.15) is 62.2 Å². The van der Waals surface area contributed by atoms with Crippen LogP contribution in [0, 0.1) is 0 Å². The molecule has 2 atom stereocenters. The van der Waals surface area contributed by atoms with Crippen LogP contribution in [0.4, 0.5) is 5.00 Å². The molecule has 1 aromatic heterocycles. The van der Waals surface area contributed by atoms with Crippen LogP contribution in [0.15, 0.2) is 24.3 Å². The normalized spacial score (nSPS) is 22.6. The first-order valence-corrected chi connectivity index (χ1v) is 10.6. The molecular formula is C21H22N2O4S. The molecule has 1 saturated heterocycles. The van der Waals surface area contributed by atoms with Gasteiger partial charge in [-0.2, -0.15) is 0 Å². The van der Waals surface area contributed by atoms with E-state index < -0.39 is 6.23 Å². The Bertz CT molecular complexity index is 932. The van der Waals surface area contributed by atoms with Crippen LogP contribution in [-0.2, 0) is 22.3 Å². The summed E-state index contributed by atoms with van der Waals surface area (Å²) < 4.78 is 11.1. The summed E-state index contributed by atoms with van der Waals surface area (Å²) >= 11 is 1.60. The molecule has 0 radical (unpaired) electrons. The predicted molar refractivity (Wildman–Crippen MR) is 106 cm³/mol. The molecule has 2 aliphatic heterocycles. The molecule has 7 heteroatoms. The van der Waals surface area contributed by atoms with Gasteiger partial charge in [0.15, 0.2) is 0 Å². The Morgan fingerprint density at radius 1 is 1.21 bits per heavy atom. The summed E-state index contributed by atoms with van der Waals surface area (Å²) in [5, 5.41) is 7.14. The van der Waals surface area contributed by atoms with Crippen LogP contribution in [0.5, 0.6) is 0 Å². The van der Waals surface area contributed by atoms with Crippen LogP contribution in [-0.4, -0.2) is 31.1 Å². The molecule has 146 valence electrons. The first-order chi connectivity index (χ1) is 13.7. The number of ether oxygens (including phenoxy) is 2. The molecule has 0 bridgehead atoms. The van der Waals surface area contributed by atoms with Gasteiger partial charge in [0.05, 0.1) is 17.2 Å². The molecule has 2 unspecified atom stereocenters. The highest BCUT2D eigenvalue weighted by molar-refractivity contribution is 7.16. The second-order valence-corrected chi connectivity index (χ2v) is 8.53. The lowest BCUT2D eigenvalue weighted by atomic mass is 10.1. The van der Waals surface area contributed by atoms with E-state index in [0.717, 1.165) is 54.8 Å². The number of carbonyl (C=O) groups excluding carboxylic acids is 2. The molecule has 2 N–H and O–H groups in total. The summed E-state index contributed by atoms with van der Waals surface area (Å²) in [6.45, 7) is 1.30. The van der Waals surface area contributed by atoms with Crippen LogP contribution in [0.3, 0.4) is 0 Å². The zero-order valence-corrected chi connectivity index (χ0v) is 16.3. The Hall–Kier alpha value is -2.38. The monoisotopic (exact) mass is 398 g/mol. The highest BCUT2D eigenvalue weighted by atomic mass is 32.1. The highest BCUT2D eigenvalue weighted by Gasteiger charge is 2.34. The van der Waals surface area contributed by atoms with E-state index in [1.54, 1.807) is 17.4 Å². The third kappa shape index (κ3) is 3.08. The van der Waals surface area contributed by atoms with Crippen molar-refractivity contribution in [3.63, 3.8) is 0 Å². The Morgan fingerprint density at radius 2 is 2.11 bits per heavy atom. The summed E-state index contributed by atoms with van der Waals surface area (Å²) in [6, 6.07) is 7.37. The third-order valence-electron chi connectivity index (χ3n) is 5.61. The van der Waals surface area contributed by atoms with Crippen LogP contribution < -0.4 is 10.6 Å². The second kappa shape index (κ2) is 7.22. The van der Waals surface area contributed by atoms with Crippen molar-refractivity contribution in [2.45, 2.75) is 44.4 Å². The predicted octanol–water partition coefficient (Wildman–Crippen LogP) is 3.43. The number of cyclic esters (lactones) is 1. The van der Waals surface area contributed by atoms with Gasteiger partial charge in [0.25, 0.3) is 5.91 Å². The minimum Gasteiger partial charge on any atom is -0.434 e. The van der Waals surface area contributed by atoms with Gasteiger partial charge in [0, 0.05) is 23.6 Å². The van der Waals surface area contributed by atoms with E-state index in [0.29, 0.717) is 17.7 Å². The molecule has 1 aliphatic carbocycles. The Labute approximate surface area is 167 Å². The fraction of sp³-hybridized carbons (Fsp3) is 0.429. The van der Waals surface area contributed by atoms with Crippen LogP contribution in [0.25, 0.3) is 0 Å². The van der Waals surface area contributed by atoms with Gasteiger partial charge in [0.2, 0.25) is 6.23 Å². The quantitative estimate of drug-likeness (QED) is 0.755. The maximum atomic E-state index is 13.0. The largest absolute Gasteiger partial charge is 0.434 e. The first-order valence-electron chi connectivity index (χ1n) is 9.81. The summed E-state index contributed by atoms with van der Waals surface area (Å²) in [7, 11) is 0. The minimum absolute atomic E-state index is 0.0741. The Morgan fingerprint density at radius 3 is 2.96 bits per heavy atom. The van der Waals surface area contributed by atoms with E-state index in [4.69, 9.17) is 9.47 Å². The van der Waals surface area contributed by atoms with Gasteiger partial charge < -0.3 is 20.1 Å². The number of hydrogen-bond acceptors (Lipinski definition) is 6. The standard InChI is InChI=1S/C21H22N2O4S/c24-18(22-11-12-5-4-10-26-12)17-15-8-3-9-16(15)28-20(17)23-19-13-6-1-2-7-14(13)21(25)27-19/h1-2,6-7,12,19,23H,3-5,8-11H2,(H,22,24). The summed E-state index contributed by atoms with van der Waals surface area (Å²) in [4.78, 5) is 26.4. The molecule has 28 heavy (non-hydrogen) atoms. The van der Waals surface area contributed by atoms with Crippen molar-refractivity contribution in [1.82, 2.24) is 5.32 Å². The third-order valence-corrected chi connectivity index (χ3v) is 6.84. The van der Waals surface area contributed by atoms with Gasteiger partial charge in [-0.3, -0.25) is 4.79 Å². The number of fused-ring (bicyclic) bond motifs is 2. The SMILES string of the molecule is O=C1OC(Nc2sc3c(c2C(=O)NCC2CCCO2)CCC3)c2ccccc21. The first kappa shape index (κ1) is 17.7. The fourth-order valence-electron chi connectivity index (χ4n) is 4.22. The van der Waals surface area contributed by atoms with Crippen molar-refractivity contribution in [1.29, 1.82) is 0 Å². The fourth-order valence-corrected chi connectivity index (χ4v) is 5.52. The van der Waals surface area contributed by atoms with Crippen LogP contribution in [0.2, 0.25) is 0 Å². The number of nitrogens with one attached hydrogen (secondary N) is 2. The molecule has 1 amide bonds. The lowest BCUT2D eigenvalue weighted by Crippen LogP contribution is -2.32. The molecule has 6 nitrogen and oxygen atoms in total. The van der Waals surface area contributed by atoms with E-state index >= 15 is 0 Å². The molecular weight excluding hydrogens is 376 g/mol. The van der Waals surface area contributed by atoms with E-state index in [2.05, 4.69) is 10.6 Å². The maximum Gasteiger partial charge on any atom is 0.340 e. The van der Waals surface area contributed by atoms with Crippen molar-refractivity contribution < 1.29 is 19.1 Å². The number of benzene rings is 1. The van der Waals surface area contributed by atoms with Gasteiger partial charge >= 0.3 is 5.97 Å².